The van der Waals surface area contributed by atoms with Crippen molar-refractivity contribution in [3.05, 3.63) is 11.7 Å². The zero-order valence-electron chi connectivity index (χ0n) is 11.1. The number of hydrogen-bond donors (Lipinski definition) is 0. The van der Waals surface area contributed by atoms with Crippen LogP contribution in [0.1, 0.15) is 69.1 Å². The molecule has 1 aliphatic carbocycles. The van der Waals surface area contributed by atoms with Crippen molar-refractivity contribution >= 4 is 11.6 Å². The molecule has 4 nitrogen and oxygen atoms in total. The summed E-state index contributed by atoms with van der Waals surface area (Å²) in [6.45, 7) is 4.50. The number of ether oxygens (including phenoxy) is 1. The highest BCUT2D eigenvalue weighted by atomic mass is 35.5. The lowest BCUT2D eigenvalue weighted by atomic mass is 9.85. The predicted molar refractivity (Wildman–Crippen MR) is 69.5 cm³/mol. The van der Waals surface area contributed by atoms with E-state index in [1.807, 2.05) is 13.8 Å². The van der Waals surface area contributed by atoms with Crippen LogP contribution in [-0.2, 0) is 4.74 Å². The molecule has 0 radical (unpaired) electrons. The minimum atomic E-state index is -0.250. The summed E-state index contributed by atoms with van der Waals surface area (Å²) in [5, 5.41) is 3.79. The number of rotatable bonds is 5. The van der Waals surface area contributed by atoms with Gasteiger partial charge in [0.15, 0.2) is 0 Å². The Hall–Kier alpha value is -0.610. The largest absolute Gasteiger partial charge is 0.370 e. The fraction of sp³-hybridized carbons (Fsp3) is 0.846. The molecule has 1 fully saturated rings. The molecule has 0 aromatic carbocycles. The van der Waals surface area contributed by atoms with Crippen molar-refractivity contribution in [1.82, 2.24) is 10.1 Å². The van der Waals surface area contributed by atoms with E-state index < -0.39 is 0 Å². The van der Waals surface area contributed by atoms with E-state index in [9.17, 15) is 0 Å². The van der Waals surface area contributed by atoms with Crippen LogP contribution in [0.2, 0.25) is 0 Å². The number of hydrogen-bond acceptors (Lipinski definition) is 4. The Balaban J connectivity index is 2.11. The summed E-state index contributed by atoms with van der Waals surface area (Å²) < 4.78 is 11.0. The van der Waals surface area contributed by atoms with Crippen LogP contribution in [-0.4, -0.2) is 16.7 Å². The van der Waals surface area contributed by atoms with Crippen LogP contribution < -0.4 is 0 Å². The van der Waals surface area contributed by atoms with Gasteiger partial charge in [-0.05, 0) is 32.6 Å². The van der Waals surface area contributed by atoms with Gasteiger partial charge in [0.05, 0.1) is 0 Å². The lowest BCUT2D eigenvalue weighted by molar-refractivity contribution is -0.00145. The van der Waals surface area contributed by atoms with Crippen LogP contribution in [0, 0.1) is 5.92 Å². The highest BCUT2D eigenvalue weighted by Gasteiger charge is 2.29. The summed E-state index contributed by atoms with van der Waals surface area (Å²) in [5.41, 5.74) is 0. The molecule has 18 heavy (non-hydrogen) atoms. The molecule has 102 valence electrons. The number of alkyl halides is 1. The second-order valence-corrected chi connectivity index (χ2v) is 5.54. The first-order chi connectivity index (χ1) is 8.72. The third-order valence-corrected chi connectivity index (χ3v) is 3.66. The third kappa shape index (κ3) is 3.23. The summed E-state index contributed by atoms with van der Waals surface area (Å²) in [6, 6.07) is 0. The maximum Gasteiger partial charge on any atom is 0.244 e. The molecule has 0 N–H and O–H groups in total. The van der Waals surface area contributed by atoms with Crippen LogP contribution in [0.4, 0.5) is 0 Å². The fourth-order valence-electron chi connectivity index (χ4n) is 2.56. The highest BCUT2D eigenvalue weighted by Crippen LogP contribution is 2.36. The lowest BCUT2D eigenvalue weighted by Crippen LogP contribution is -2.20. The maximum absolute atomic E-state index is 5.95. The van der Waals surface area contributed by atoms with Gasteiger partial charge < -0.3 is 9.26 Å². The van der Waals surface area contributed by atoms with Gasteiger partial charge in [0, 0.05) is 6.61 Å². The minimum absolute atomic E-state index is 0.0387. The summed E-state index contributed by atoms with van der Waals surface area (Å²) in [4.78, 5) is 4.37. The monoisotopic (exact) mass is 272 g/mol. The van der Waals surface area contributed by atoms with Crippen LogP contribution in [0.15, 0.2) is 4.52 Å². The van der Waals surface area contributed by atoms with Crippen LogP contribution in [0.5, 0.6) is 0 Å². The zero-order valence-corrected chi connectivity index (χ0v) is 11.8. The van der Waals surface area contributed by atoms with Crippen LogP contribution >= 0.6 is 11.6 Å². The van der Waals surface area contributed by atoms with Crippen molar-refractivity contribution in [2.45, 2.75) is 57.4 Å². The molecule has 1 saturated carbocycles. The van der Waals surface area contributed by atoms with Crippen molar-refractivity contribution in [1.29, 1.82) is 0 Å². The van der Waals surface area contributed by atoms with E-state index in [-0.39, 0.29) is 11.5 Å². The molecule has 2 rings (SSSR count). The fourth-order valence-corrected chi connectivity index (χ4v) is 2.65. The van der Waals surface area contributed by atoms with E-state index in [4.69, 9.17) is 20.9 Å². The molecule has 2 atom stereocenters. The Morgan fingerprint density at radius 3 is 2.67 bits per heavy atom. The predicted octanol–water partition coefficient (Wildman–Crippen LogP) is 4.03. The molecule has 0 aliphatic heterocycles. The standard InChI is InChI=1S/C13H21ClN2O2/c1-3-17-11(10-7-5-4-6-8-10)12-15-13(9(2)14)18-16-12/h9-11H,3-8H2,1-2H3. The summed E-state index contributed by atoms with van der Waals surface area (Å²) >= 11 is 5.95. The van der Waals surface area contributed by atoms with Gasteiger partial charge in [-0.3, -0.25) is 0 Å². The Morgan fingerprint density at radius 2 is 2.11 bits per heavy atom. The molecule has 1 heterocycles. The van der Waals surface area contributed by atoms with Gasteiger partial charge >= 0.3 is 0 Å². The van der Waals surface area contributed by atoms with Gasteiger partial charge in [0.2, 0.25) is 11.7 Å². The highest BCUT2D eigenvalue weighted by molar-refractivity contribution is 6.20. The first-order valence-corrected chi connectivity index (χ1v) is 7.25. The summed E-state index contributed by atoms with van der Waals surface area (Å²) in [6.07, 6.45) is 6.19. The molecular weight excluding hydrogens is 252 g/mol. The van der Waals surface area contributed by atoms with E-state index in [1.54, 1.807) is 0 Å². The molecule has 2 unspecified atom stereocenters. The van der Waals surface area contributed by atoms with Crippen molar-refractivity contribution in [2.75, 3.05) is 6.61 Å². The number of halogens is 1. The minimum Gasteiger partial charge on any atom is -0.370 e. The zero-order chi connectivity index (χ0) is 13.0. The third-order valence-electron chi connectivity index (χ3n) is 3.48. The summed E-state index contributed by atoms with van der Waals surface area (Å²) in [7, 11) is 0. The average Bonchev–Trinajstić information content (AvgIpc) is 2.86. The Kier molecular flexibility index (Phi) is 5.01. The van der Waals surface area contributed by atoms with E-state index in [1.165, 1.54) is 32.1 Å². The number of nitrogens with zero attached hydrogens (tertiary/aromatic N) is 2. The molecular formula is C13H21ClN2O2. The smallest absolute Gasteiger partial charge is 0.244 e. The molecule has 5 heteroatoms. The second-order valence-electron chi connectivity index (χ2n) is 4.88. The Morgan fingerprint density at radius 1 is 1.39 bits per heavy atom. The van der Waals surface area contributed by atoms with Gasteiger partial charge in [-0.15, -0.1) is 11.6 Å². The average molecular weight is 273 g/mol. The van der Waals surface area contributed by atoms with Crippen molar-refractivity contribution in [2.24, 2.45) is 5.92 Å². The van der Waals surface area contributed by atoms with E-state index in [2.05, 4.69) is 10.1 Å². The Labute approximate surface area is 113 Å². The van der Waals surface area contributed by atoms with Crippen LogP contribution in [0.3, 0.4) is 0 Å². The van der Waals surface area contributed by atoms with Crippen molar-refractivity contribution in [3.63, 3.8) is 0 Å². The summed E-state index contributed by atoms with van der Waals surface area (Å²) in [5.74, 6) is 1.65. The quantitative estimate of drug-likeness (QED) is 0.760. The first kappa shape index (κ1) is 13.8. The first-order valence-electron chi connectivity index (χ1n) is 6.81. The molecule has 0 saturated heterocycles. The van der Waals surface area contributed by atoms with Crippen molar-refractivity contribution in [3.8, 4) is 0 Å². The molecule has 1 aliphatic rings. The van der Waals surface area contributed by atoms with Gasteiger partial charge in [-0.1, -0.05) is 24.4 Å². The molecule has 0 spiro atoms. The Bertz CT molecular complexity index is 362. The van der Waals surface area contributed by atoms with E-state index in [0.29, 0.717) is 24.2 Å². The van der Waals surface area contributed by atoms with Crippen LogP contribution in [0.25, 0.3) is 0 Å². The molecule has 0 bridgehead atoms. The van der Waals surface area contributed by atoms with E-state index in [0.717, 1.165) is 0 Å². The van der Waals surface area contributed by atoms with Gasteiger partial charge in [-0.25, -0.2) is 0 Å². The second kappa shape index (κ2) is 6.53. The molecule has 1 aromatic rings. The SMILES string of the molecule is CCOC(c1noc(C(C)Cl)n1)C1CCCCC1. The van der Waals surface area contributed by atoms with Gasteiger partial charge in [-0.2, -0.15) is 4.98 Å². The van der Waals surface area contributed by atoms with E-state index >= 15 is 0 Å². The lowest BCUT2D eigenvalue weighted by Gasteiger charge is -2.27. The number of aromatic nitrogens is 2. The van der Waals surface area contributed by atoms with Crippen molar-refractivity contribution < 1.29 is 9.26 Å². The normalized spacial score (nSPS) is 20.8. The topological polar surface area (TPSA) is 48.2 Å². The van der Waals surface area contributed by atoms with Gasteiger partial charge in [0.25, 0.3) is 0 Å². The molecule has 0 amide bonds. The maximum atomic E-state index is 5.95. The molecule has 1 aromatic heterocycles. The van der Waals surface area contributed by atoms with Gasteiger partial charge in [0.1, 0.15) is 11.5 Å².